The van der Waals surface area contributed by atoms with E-state index in [1.165, 1.54) is 19.2 Å². The Hall–Kier alpha value is -1.35. The Morgan fingerprint density at radius 3 is 2.85 bits per heavy atom. The largest absolute Gasteiger partial charge is 0.482 e. The number of benzene rings is 1. The first-order chi connectivity index (χ1) is 9.36. The molecule has 1 amide bonds. The van der Waals surface area contributed by atoms with Crippen LogP contribution in [0.2, 0.25) is 5.02 Å². The van der Waals surface area contributed by atoms with Crippen molar-refractivity contribution < 1.29 is 23.1 Å². The van der Waals surface area contributed by atoms with E-state index in [1.807, 2.05) is 0 Å². The van der Waals surface area contributed by atoms with Crippen LogP contribution in [0.3, 0.4) is 0 Å². The number of likely N-dealkylation sites (N-methyl/N-ethyl adjacent to an activating group) is 1. The van der Waals surface area contributed by atoms with Gasteiger partial charge in [0.1, 0.15) is 10.6 Å². The molecule has 110 valence electrons. The molecule has 1 heterocycles. The van der Waals surface area contributed by atoms with E-state index >= 15 is 0 Å². The topological polar surface area (TPSA) is 95.9 Å². The van der Waals surface area contributed by atoms with Gasteiger partial charge in [-0.15, -0.1) is 0 Å². The van der Waals surface area contributed by atoms with Gasteiger partial charge in [0.25, 0.3) is 5.91 Å². The van der Waals surface area contributed by atoms with Gasteiger partial charge in [-0.25, -0.2) is 8.42 Å². The van der Waals surface area contributed by atoms with Crippen LogP contribution in [-0.2, 0) is 14.8 Å². The molecule has 0 aromatic heterocycles. The molecule has 0 atom stereocenters. The first kappa shape index (κ1) is 15.0. The Balaban J connectivity index is 2.46. The van der Waals surface area contributed by atoms with Crippen molar-refractivity contribution >= 4 is 33.2 Å². The number of nitrogens with zero attached hydrogens (tertiary/aromatic N) is 1. The summed E-state index contributed by atoms with van der Waals surface area (Å²) >= 11 is 5.96. The smallest absolute Gasteiger partial charge is 0.262 e. The molecule has 0 fully saturated rings. The number of anilines is 1. The normalized spacial score (nSPS) is 14.7. The maximum absolute atomic E-state index is 12.3. The summed E-state index contributed by atoms with van der Waals surface area (Å²) in [6.45, 7) is -0.529. The van der Waals surface area contributed by atoms with Crippen LogP contribution in [0, 0.1) is 0 Å². The van der Waals surface area contributed by atoms with Crippen LogP contribution in [0.5, 0.6) is 5.75 Å². The summed E-state index contributed by atoms with van der Waals surface area (Å²) in [4.78, 5) is 11.0. The molecular weight excluding hydrogens is 308 g/mol. The summed E-state index contributed by atoms with van der Waals surface area (Å²) in [6, 6.07) is 2.59. The summed E-state index contributed by atoms with van der Waals surface area (Å²) in [5.41, 5.74) is 0.329. The molecule has 1 aromatic carbocycles. The first-order valence-electron chi connectivity index (χ1n) is 5.69. The van der Waals surface area contributed by atoms with Crippen molar-refractivity contribution in [2.24, 2.45) is 0 Å². The average molecular weight is 321 g/mol. The maximum atomic E-state index is 12.3. The SMILES string of the molecule is CN(CCO)S(=O)(=O)c1cc2c(cc1Cl)NC(=O)CO2. The van der Waals surface area contributed by atoms with E-state index < -0.39 is 10.0 Å². The molecule has 2 rings (SSSR count). The number of amides is 1. The second-order valence-electron chi connectivity index (χ2n) is 4.17. The van der Waals surface area contributed by atoms with Crippen molar-refractivity contribution in [3.05, 3.63) is 17.2 Å². The van der Waals surface area contributed by atoms with Crippen molar-refractivity contribution in [3.8, 4) is 5.75 Å². The fraction of sp³-hybridized carbons (Fsp3) is 0.364. The lowest BCUT2D eigenvalue weighted by atomic mass is 10.2. The number of aliphatic hydroxyl groups excluding tert-OH is 1. The molecule has 0 unspecified atom stereocenters. The molecule has 9 heteroatoms. The minimum absolute atomic E-state index is 0.0284. The lowest BCUT2D eigenvalue weighted by Crippen LogP contribution is -2.30. The molecule has 1 aliphatic rings. The second kappa shape index (κ2) is 5.57. The molecule has 0 spiro atoms. The third-order valence-corrected chi connectivity index (χ3v) is 5.09. The zero-order valence-corrected chi connectivity index (χ0v) is 12.2. The van der Waals surface area contributed by atoms with Crippen LogP contribution in [0.4, 0.5) is 5.69 Å². The van der Waals surface area contributed by atoms with E-state index in [4.69, 9.17) is 21.4 Å². The minimum Gasteiger partial charge on any atom is -0.482 e. The van der Waals surface area contributed by atoms with Crippen molar-refractivity contribution in [3.63, 3.8) is 0 Å². The molecule has 0 bridgehead atoms. The van der Waals surface area contributed by atoms with Crippen LogP contribution in [-0.4, -0.2) is 50.5 Å². The average Bonchev–Trinajstić information content (AvgIpc) is 2.37. The molecule has 0 saturated heterocycles. The zero-order chi connectivity index (χ0) is 14.9. The van der Waals surface area contributed by atoms with Crippen molar-refractivity contribution in [1.82, 2.24) is 4.31 Å². The number of carbonyl (C=O) groups is 1. The van der Waals surface area contributed by atoms with Gasteiger partial charge in [0.15, 0.2) is 6.61 Å². The first-order valence-corrected chi connectivity index (χ1v) is 7.51. The number of ether oxygens (including phenoxy) is 1. The highest BCUT2D eigenvalue weighted by atomic mass is 35.5. The van der Waals surface area contributed by atoms with Crippen molar-refractivity contribution in [1.29, 1.82) is 0 Å². The maximum Gasteiger partial charge on any atom is 0.262 e. The van der Waals surface area contributed by atoms with Gasteiger partial charge < -0.3 is 15.2 Å². The summed E-state index contributed by atoms with van der Waals surface area (Å²) in [6.07, 6.45) is 0. The zero-order valence-electron chi connectivity index (χ0n) is 10.6. The van der Waals surface area contributed by atoms with E-state index in [2.05, 4.69) is 5.32 Å². The fourth-order valence-electron chi connectivity index (χ4n) is 1.71. The summed E-state index contributed by atoms with van der Waals surface area (Å²) in [7, 11) is -2.49. The molecule has 0 aliphatic carbocycles. The number of nitrogens with one attached hydrogen (secondary N) is 1. The third-order valence-electron chi connectivity index (χ3n) is 2.77. The Morgan fingerprint density at radius 1 is 1.50 bits per heavy atom. The summed E-state index contributed by atoms with van der Waals surface area (Å²) < 4.78 is 30.7. The summed E-state index contributed by atoms with van der Waals surface area (Å²) in [5.74, 6) is -0.0912. The van der Waals surface area contributed by atoms with Gasteiger partial charge in [0, 0.05) is 19.7 Å². The number of carbonyl (C=O) groups excluding carboxylic acids is 1. The molecule has 0 saturated carbocycles. The lowest BCUT2D eigenvalue weighted by Gasteiger charge is -2.21. The Morgan fingerprint density at radius 2 is 2.20 bits per heavy atom. The predicted molar refractivity (Wildman–Crippen MR) is 72.5 cm³/mol. The number of sulfonamides is 1. The van der Waals surface area contributed by atoms with E-state index in [9.17, 15) is 13.2 Å². The Labute approximate surface area is 121 Å². The van der Waals surface area contributed by atoms with Gasteiger partial charge in [0.05, 0.1) is 17.3 Å². The highest BCUT2D eigenvalue weighted by Gasteiger charge is 2.27. The number of fused-ring (bicyclic) bond motifs is 1. The van der Waals surface area contributed by atoms with Gasteiger partial charge in [-0.2, -0.15) is 4.31 Å². The minimum atomic E-state index is -3.83. The van der Waals surface area contributed by atoms with Crippen LogP contribution in [0.15, 0.2) is 17.0 Å². The number of rotatable bonds is 4. The monoisotopic (exact) mass is 320 g/mol. The van der Waals surface area contributed by atoms with Crippen LogP contribution >= 0.6 is 11.6 Å². The lowest BCUT2D eigenvalue weighted by molar-refractivity contribution is -0.118. The van der Waals surface area contributed by atoms with E-state index in [1.54, 1.807) is 0 Å². The van der Waals surface area contributed by atoms with Gasteiger partial charge in [0.2, 0.25) is 10.0 Å². The molecule has 1 aromatic rings. The van der Waals surface area contributed by atoms with Crippen molar-refractivity contribution in [2.45, 2.75) is 4.90 Å². The fourth-order valence-corrected chi connectivity index (χ4v) is 3.38. The van der Waals surface area contributed by atoms with E-state index in [0.29, 0.717) is 5.69 Å². The van der Waals surface area contributed by atoms with Crippen LogP contribution in [0.1, 0.15) is 0 Å². The Kier molecular flexibility index (Phi) is 4.19. The van der Waals surface area contributed by atoms with Crippen LogP contribution in [0.25, 0.3) is 0 Å². The van der Waals surface area contributed by atoms with E-state index in [-0.39, 0.29) is 41.3 Å². The second-order valence-corrected chi connectivity index (χ2v) is 6.59. The van der Waals surface area contributed by atoms with Gasteiger partial charge in [-0.3, -0.25) is 4.79 Å². The molecule has 20 heavy (non-hydrogen) atoms. The molecule has 7 nitrogen and oxygen atoms in total. The van der Waals surface area contributed by atoms with Crippen molar-refractivity contribution in [2.75, 3.05) is 32.1 Å². The Bertz CT molecular complexity index is 646. The molecule has 2 N–H and O–H groups in total. The van der Waals surface area contributed by atoms with Gasteiger partial charge in [-0.05, 0) is 6.07 Å². The standard InChI is InChI=1S/C11H13ClN2O5S/c1-14(2-3-15)20(17,18)10-5-9-8(4-7(10)12)13-11(16)6-19-9/h4-5,15H,2-3,6H2,1H3,(H,13,16). The number of halogens is 1. The number of aliphatic hydroxyl groups is 1. The van der Waals surface area contributed by atoms with Crippen LogP contribution < -0.4 is 10.1 Å². The van der Waals surface area contributed by atoms with Gasteiger partial charge >= 0.3 is 0 Å². The highest BCUT2D eigenvalue weighted by Crippen LogP contribution is 2.36. The molecule has 0 radical (unpaired) electrons. The van der Waals surface area contributed by atoms with Gasteiger partial charge in [-0.1, -0.05) is 11.6 Å². The molecule has 1 aliphatic heterocycles. The molecular formula is C11H13ClN2O5S. The predicted octanol–water partition coefficient (Wildman–Crippen LogP) is 0.284. The quantitative estimate of drug-likeness (QED) is 0.831. The highest BCUT2D eigenvalue weighted by molar-refractivity contribution is 7.89. The third kappa shape index (κ3) is 2.73. The number of hydrogen-bond acceptors (Lipinski definition) is 5. The number of hydrogen-bond donors (Lipinski definition) is 2. The van der Waals surface area contributed by atoms with E-state index in [0.717, 1.165) is 4.31 Å². The summed E-state index contributed by atoms with van der Waals surface area (Å²) in [5, 5.41) is 11.3.